The largest absolute Gasteiger partial charge is 0.492 e. The number of alkyl halides is 1. The number of hydrogen-bond donors (Lipinski definition) is 2. The highest BCUT2D eigenvalue weighted by Gasteiger charge is 2.29. The Bertz CT molecular complexity index is 937. The summed E-state index contributed by atoms with van der Waals surface area (Å²) in [5.74, 6) is 0.948. The number of halogens is 1. The normalized spacial score (nSPS) is 21.4. The van der Waals surface area contributed by atoms with E-state index < -0.39 is 10.2 Å². The van der Waals surface area contributed by atoms with Crippen molar-refractivity contribution in [3.63, 3.8) is 0 Å². The van der Waals surface area contributed by atoms with Crippen molar-refractivity contribution in [1.82, 2.24) is 9.03 Å². The third-order valence-electron chi connectivity index (χ3n) is 5.49. The van der Waals surface area contributed by atoms with Gasteiger partial charge in [-0.25, -0.2) is 0 Å². The summed E-state index contributed by atoms with van der Waals surface area (Å²) in [6.07, 6.45) is 0.821. The molecule has 0 aromatic heterocycles. The van der Waals surface area contributed by atoms with Gasteiger partial charge < -0.3 is 15.2 Å². The minimum atomic E-state index is -3.53. The molecule has 0 bridgehead atoms. The van der Waals surface area contributed by atoms with Crippen LogP contribution in [-0.2, 0) is 27.9 Å². The molecule has 2 aromatic carbocycles. The number of nitrogens with one attached hydrogen (secondary N) is 1. The van der Waals surface area contributed by atoms with Gasteiger partial charge in [0.1, 0.15) is 12.4 Å². The predicted octanol–water partition coefficient (Wildman–Crippen LogP) is 1.98. The molecule has 2 aliphatic rings. The zero-order chi connectivity index (χ0) is 22.3. The molecule has 0 amide bonds. The van der Waals surface area contributed by atoms with E-state index in [4.69, 9.17) is 15.2 Å². The topological polar surface area (TPSA) is 93.9 Å². The van der Waals surface area contributed by atoms with Crippen LogP contribution < -0.4 is 15.2 Å². The van der Waals surface area contributed by atoms with E-state index in [-0.39, 0.29) is 18.5 Å². The first-order chi connectivity index (χ1) is 15.0. The van der Waals surface area contributed by atoms with E-state index in [0.717, 1.165) is 23.3 Å². The number of fused-ring (bicyclic) bond motifs is 1. The van der Waals surface area contributed by atoms with Gasteiger partial charge in [-0.1, -0.05) is 42.5 Å². The van der Waals surface area contributed by atoms with Gasteiger partial charge in [-0.2, -0.15) is 17.4 Å². The first-order valence-electron chi connectivity index (χ1n) is 10.3. The van der Waals surface area contributed by atoms with Gasteiger partial charge in [0.25, 0.3) is 10.2 Å². The fourth-order valence-corrected chi connectivity index (χ4v) is 5.01. The molecule has 1 saturated heterocycles. The molecular weight excluding hydrogens is 421 g/mol. The third kappa shape index (κ3) is 6.02. The Hall–Kier alpha value is -2.04. The fraction of sp³-hybridized carbons (Fsp3) is 0.455. The van der Waals surface area contributed by atoms with E-state index >= 15 is 0 Å². The lowest BCUT2D eigenvalue weighted by molar-refractivity contribution is 0.0725. The minimum absolute atomic E-state index is 0.108. The molecule has 0 aliphatic carbocycles. The summed E-state index contributed by atoms with van der Waals surface area (Å²) in [5.41, 5.74) is 9.52. The zero-order valence-corrected chi connectivity index (χ0v) is 18.5. The van der Waals surface area contributed by atoms with E-state index in [2.05, 4.69) is 16.9 Å². The number of ether oxygens (including phenoxy) is 2. The molecule has 2 aliphatic heterocycles. The molecule has 170 valence electrons. The summed E-state index contributed by atoms with van der Waals surface area (Å²) in [6, 6.07) is 16.0. The smallest absolute Gasteiger partial charge is 0.279 e. The summed E-state index contributed by atoms with van der Waals surface area (Å²) in [6.45, 7) is 2.31. The predicted molar refractivity (Wildman–Crippen MR) is 118 cm³/mol. The van der Waals surface area contributed by atoms with Crippen molar-refractivity contribution in [2.24, 2.45) is 5.73 Å². The van der Waals surface area contributed by atoms with Crippen LogP contribution in [0.25, 0.3) is 0 Å². The molecule has 0 spiro atoms. The lowest BCUT2D eigenvalue weighted by Gasteiger charge is -2.32. The highest BCUT2D eigenvalue weighted by atomic mass is 32.2. The van der Waals surface area contributed by atoms with E-state index in [1.807, 2.05) is 36.4 Å². The second-order valence-electron chi connectivity index (χ2n) is 7.48. The van der Waals surface area contributed by atoms with Gasteiger partial charge in [0, 0.05) is 31.6 Å². The van der Waals surface area contributed by atoms with Gasteiger partial charge in [-0.3, -0.25) is 4.39 Å². The van der Waals surface area contributed by atoms with Crippen LogP contribution >= 0.6 is 0 Å². The Kier molecular flexibility index (Phi) is 8.39. The molecule has 9 heteroatoms. The minimum Gasteiger partial charge on any atom is -0.492 e. The van der Waals surface area contributed by atoms with Crippen molar-refractivity contribution >= 4 is 10.2 Å². The van der Waals surface area contributed by atoms with Gasteiger partial charge in [0.05, 0.1) is 20.4 Å². The maximum atomic E-state index is 12.5. The molecule has 0 saturated carbocycles. The Morgan fingerprint density at radius 3 is 2.52 bits per heavy atom. The molecular formula is C22H30FN3O4S. The molecule has 2 unspecified atom stereocenters. The average Bonchev–Trinajstić information content (AvgIpc) is 2.82. The first-order valence-corrected chi connectivity index (χ1v) is 11.7. The number of benzene rings is 2. The number of nitrogens with zero attached hydrogens (tertiary/aromatic N) is 1. The van der Waals surface area contributed by atoms with Crippen LogP contribution in [0.1, 0.15) is 22.6 Å². The highest BCUT2D eigenvalue weighted by molar-refractivity contribution is 7.87. The summed E-state index contributed by atoms with van der Waals surface area (Å²) in [4.78, 5) is 0. The summed E-state index contributed by atoms with van der Waals surface area (Å²) in [5, 5.41) is 0. The van der Waals surface area contributed by atoms with Gasteiger partial charge in [-0.15, -0.1) is 0 Å². The van der Waals surface area contributed by atoms with Crippen molar-refractivity contribution < 1.29 is 22.3 Å². The van der Waals surface area contributed by atoms with E-state index in [1.165, 1.54) is 9.87 Å². The second kappa shape index (κ2) is 11.0. The zero-order valence-electron chi connectivity index (χ0n) is 17.7. The van der Waals surface area contributed by atoms with E-state index in [1.54, 1.807) is 0 Å². The first kappa shape index (κ1) is 23.6. The van der Waals surface area contributed by atoms with Crippen LogP contribution in [-0.4, -0.2) is 58.9 Å². The highest BCUT2D eigenvalue weighted by Crippen LogP contribution is 2.36. The second-order valence-corrected chi connectivity index (χ2v) is 9.24. The van der Waals surface area contributed by atoms with Crippen molar-refractivity contribution in [2.45, 2.75) is 24.9 Å². The molecule has 1 fully saturated rings. The standard InChI is InChI=1S/C21H27N3O4S.CH3F/c22-20-15-28-21-7-6-17(14-23-29(25,26)24-8-10-27-11-9-24)13-19(21)18(20)12-16-4-2-1-3-5-16;1-2/h1-7,13,18,20,23H,8-12,14-15,22H2;1H3. The molecule has 0 radical (unpaired) electrons. The molecule has 31 heavy (non-hydrogen) atoms. The third-order valence-corrected chi connectivity index (χ3v) is 7.04. The van der Waals surface area contributed by atoms with E-state index in [0.29, 0.717) is 40.1 Å². The maximum absolute atomic E-state index is 12.5. The van der Waals surface area contributed by atoms with Crippen LogP contribution in [0.15, 0.2) is 48.5 Å². The summed E-state index contributed by atoms with van der Waals surface area (Å²) < 4.78 is 49.7. The van der Waals surface area contributed by atoms with E-state index in [9.17, 15) is 12.8 Å². The number of hydrogen-bond acceptors (Lipinski definition) is 5. The van der Waals surface area contributed by atoms with Gasteiger partial charge in [-0.05, 0) is 29.2 Å². The van der Waals surface area contributed by atoms with Crippen molar-refractivity contribution in [2.75, 3.05) is 40.1 Å². The molecule has 2 heterocycles. The monoisotopic (exact) mass is 451 g/mol. The summed E-state index contributed by atoms with van der Waals surface area (Å²) in [7, 11) is -3.03. The van der Waals surface area contributed by atoms with Gasteiger partial charge in [0.15, 0.2) is 0 Å². The molecule has 4 rings (SSSR count). The Morgan fingerprint density at radius 1 is 1.10 bits per heavy atom. The lowest BCUT2D eigenvalue weighted by Crippen LogP contribution is -2.46. The van der Waals surface area contributed by atoms with Crippen molar-refractivity contribution in [3.05, 3.63) is 65.2 Å². The van der Waals surface area contributed by atoms with Crippen LogP contribution in [0, 0.1) is 0 Å². The van der Waals surface area contributed by atoms with Crippen molar-refractivity contribution in [3.8, 4) is 5.75 Å². The lowest BCUT2D eigenvalue weighted by atomic mass is 9.84. The fourth-order valence-electron chi connectivity index (χ4n) is 3.84. The summed E-state index contributed by atoms with van der Waals surface area (Å²) >= 11 is 0. The van der Waals surface area contributed by atoms with Crippen LogP contribution in [0.5, 0.6) is 5.75 Å². The average molecular weight is 452 g/mol. The van der Waals surface area contributed by atoms with Crippen LogP contribution in [0.2, 0.25) is 0 Å². The molecule has 3 N–H and O–H groups in total. The van der Waals surface area contributed by atoms with Gasteiger partial charge >= 0.3 is 0 Å². The van der Waals surface area contributed by atoms with Crippen LogP contribution in [0.4, 0.5) is 4.39 Å². The van der Waals surface area contributed by atoms with Crippen molar-refractivity contribution in [1.29, 1.82) is 0 Å². The van der Waals surface area contributed by atoms with Gasteiger partial charge in [0.2, 0.25) is 0 Å². The number of rotatable bonds is 6. The number of nitrogens with two attached hydrogens (primary N) is 1. The maximum Gasteiger partial charge on any atom is 0.279 e. The molecule has 2 aromatic rings. The quantitative estimate of drug-likeness (QED) is 0.701. The number of morpholine rings is 1. The molecule has 7 nitrogen and oxygen atoms in total. The SMILES string of the molecule is CF.NC1COc2ccc(CNS(=O)(=O)N3CCOCC3)cc2C1Cc1ccccc1. The van der Waals surface area contributed by atoms with Crippen LogP contribution in [0.3, 0.4) is 0 Å². The Balaban J connectivity index is 0.00000132. The molecule has 2 atom stereocenters. The Labute approximate surface area is 183 Å². The Morgan fingerprint density at radius 2 is 1.81 bits per heavy atom.